The van der Waals surface area contributed by atoms with Crippen LogP contribution in [0.4, 0.5) is 5.69 Å². The molecule has 24 heavy (non-hydrogen) atoms. The van der Waals surface area contributed by atoms with Crippen LogP contribution < -0.4 is 16.0 Å². The third-order valence-electron chi connectivity index (χ3n) is 4.03. The van der Waals surface area contributed by atoms with Gasteiger partial charge in [0, 0.05) is 30.3 Å². The summed E-state index contributed by atoms with van der Waals surface area (Å²) in [4.78, 5) is 24.1. The van der Waals surface area contributed by atoms with Crippen LogP contribution in [-0.2, 0) is 4.79 Å². The predicted molar refractivity (Wildman–Crippen MR) is 99.9 cm³/mol. The quantitative estimate of drug-likeness (QED) is 0.736. The van der Waals surface area contributed by atoms with Crippen molar-refractivity contribution in [1.29, 1.82) is 0 Å². The number of hydrogen-bond acceptors (Lipinski definition) is 3. The van der Waals surface area contributed by atoms with E-state index in [1.54, 1.807) is 12.1 Å². The van der Waals surface area contributed by atoms with Crippen molar-refractivity contribution >= 4 is 29.9 Å². The van der Waals surface area contributed by atoms with Crippen molar-refractivity contribution in [3.05, 3.63) is 29.3 Å². The van der Waals surface area contributed by atoms with E-state index in [0.29, 0.717) is 24.4 Å². The molecule has 1 saturated heterocycles. The minimum atomic E-state index is -0.0742. The van der Waals surface area contributed by atoms with E-state index < -0.39 is 0 Å². The zero-order chi connectivity index (χ0) is 16.8. The molecule has 3 N–H and O–H groups in total. The molecule has 0 spiro atoms. The molecule has 1 unspecified atom stereocenters. The third kappa shape index (κ3) is 6.13. The fourth-order valence-corrected chi connectivity index (χ4v) is 2.70. The molecular weight excluding hydrogens is 326 g/mol. The largest absolute Gasteiger partial charge is 0.352 e. The van der Waals surface area contributed by atoms with Crippen LogP contribution in [0.2, 0.25) is 0 Å². The van der Waals surface area contributed by atoms with Crippen molar-refractivity contribution in [3.63, 3.8) is 0 Å². The van der Waals surface area contributed by atoms with Gasteiger partial charge in [0.05, 0.1) is 0 Å². The highest BCUT2D eigenvalue weighted by Gasteiger charge is 2.18. The van der Waals surface area contributed by atoms with E-state index in [9.17, 15) is 9.59 Å². The van der Waals surface area contributed by atoms with Crippen molar-refractivity contribution in [3.8, 4) is 0 Å². The summed E-state index contributed by atoms with van der Waals surface area (Å²) in [5, 5.41) is 9.16. The Balaban J connectivity index is 0.00000288. The molecule has 1 heterocycles. The normalized spacial score (nSPS) is 16.6. The van der Waals surface area contributed by atoms with Gasteiger partial charge in [-0.05, 0) is 56.0 Å². The van der Waals surface area contributed by atoms with Crippen LogP contribution in [0.3, 0.4) is 0 Å². The average Bonchev–Trinajstić information content (AvgIpc) is 2.99. The Labute approximate surface area is 150 Å². The molecular formula is C18H28ClN3O2. The molecule has 0 aromatic heterocycles. The van der Waals surface area contributed by atoms with Gasteiger partial charge >= 0.3 is 0 Å². The zero-order valence-corrected chi connectivity index (χ0v) is 15.5. The van der Waals surface area contributed by atoms with Crippen molar-refractivity contribution in [1.82, 2.24) is 10.6 Å². The molecule has 1 aromatic rings. The standard InChI is InChI=1S/C18H27N3O2.ClH/c1-12(2)11-20-18(23)14-6-7-16(13(3)9-14)21-17(22)10-15-5-4-8-19-15;/h6-7,9,12,15,19H,4-5,8,10-11H2,1-3H3,(H,20,23)(H,21,22);1H. The molecule has 2 amide bonds. The van der Waals surface area contributed by atoms with Gasteiger partial charge in [-0.1, -0.05) is 13.8 Å². The first-order valence-electron chi connectivity index (χ1n) is 8.38. The first kappa shape index (κ1) is 20.5. The number of anilines is 1. The summed E-state index contributed by atoms with van der Waals surface area (Å²) < 4.78 is 0. The summed E-state index contributed by atoms with van der Waals surface area (Å²) in [5.41, 5.74) is 2.29. The van der Waals surface area contributed by atoms with E-state index in [2.05, 4.69) is 29.8 Å². The first-order valence-corrected chi connectivity index (χ1v) is 8.38. The molecule has 0 saturated carbocycles. The number of carbonyl (C=O) groups excluding carboxylic acids is 2. The SMILES string of the molecule is Cc1cc(C(=O)NCC(C)C)ccc1NC(=O)CC1CCCN1.Cl. The van der Waals surface area contributed by atoms with Gasteiger partial charge in [-0.25, -0.2) is 0 Å². The molecule has 1 aromatic carbocycles. The lowest BCUT2D eigenvalue weighted by molar-refractivity contribution is -0.116. The summed E-state index contributed by atoms with van der Waals surface area (Å²) in [6, 6.07) is 5.67. The van der Waals surface area contributed by atoms with Gasteiger partial charge in [0.1, 0.15) is 0 Å². The average molecular weight is 354 g/mol. The van der Waals surface area contributed by atoms with Gasteiger partial charge < -0.3 is 16.0 Å². The number of nitrogens with one attached hydrogen (secondary N) is 3. The number of halogens is 1. The molecule has 1 fully saturated rings. The molecule has 1 aliphatic rings. The smallest absolute Gasteiger partial charge is 0.251 e. The predicted octanol–water partition coefficient (Wildman–Crippen LogP) is 2.88. The highest BCUT2D eigenvalue weighted by molar-refractivity contribution is 5.96. The van der Waals surface area contributed by atoms with Crippen molar-refractivity contribution < 1.29 is 9.59 Å². The number of aryl methyl sites for hydroxylation is 1. The number of carbonyl (C=O) groups is 2. The van der Waals surface area contributed by atoms with E-state index in [1.807, 2.05) is 13.0 Å². The number of hydrogen-bond donors (Lipinski definition) is 3. The Morgan fingerprint density at radius 1 is 1.33 bits per heavy atom. The summed E-state index contributed by atoms with van der Waals surface area (Å²) in [6.45, 7) is 7.68. The molecule has 0 bridgehead atoms. The van der Waals surface area contributed by atoms with Gasteiger partial charge in [0.2, 0.25) is 5.91 Å². The highest BCUT2D eigenvalue weighted by Crippen LogP contribution is 2.18. The Morgan fingerprint density at radius 3 is 2.67 bits per heavy atom. The van der Waals surface area contributed by atoms with Crippen LogP contribution in [-0.4, -0.2) is 30.9 Å². The second-order valence-corrected chi connectivity index (χ2v) is 6.68. The summed E-state index contributed by atoms with van der Waals surface area (Å²) >= 11 is 0. The Morgan fingerprint density at radius 2 is 2.08 bits per heavy atom. The maximum atomic E-state index is 12.1. The summed E-state index contributed by atoms with van der Waals surface area (Å²) in [5.74, 6) is 0.363. The molecule has 0 radical (unpaired) electrons. The van der Waals surface area contributed by atoms with Crippen LogP contribution in [0.15, 0.2) is 18.2 Å². The Bertz CT molecular complexity index is 569. The van der Waals surface area contributed by atoms with Crippen LogP contribution in [0.25, 0.3) is 0 Å². The maximum Gasteiger partial charge on any atom is 0.251 e. The zero-order valence-electron chi connectivity index (χ0n) is 14.6. The highest BCUT2D eigenvalue weighted by atomic mass is 35.5. The number of benzene rings is 1. The van der Waals surface area contributed by atoms with Gasteiger partial charge in [0.15, 0.2) is 0 Å². The van der Waals surface area contributed by atoms with Gasteiger partial charge in [-0.15, -0.1) is 12.4 Å². The topological polar surface area (TPSA) is 70.2 Å². The Kier molecular flexibility index (Phi) is 8.22. The second kappa shape index (κ2) is 9.64. The monoisotopic (exact) mass is 353 g/mol. The van der Waals surface area contributed by atoms with Gasteiger partial charge in [-0.3, -0.25) is 9.59 Å². The fourth-order valence-electron chi connectivity index (χ4n) is 2.70. The maximum absolute atomic E-state index is 12.1. The number of rotatable bonds is 6. The van der Waals surface area contributed by atoms with E-state index in [-0.39, 0.29) is 30.3 Å². The summed E-state index contributed by atoms with van der Waals surface area (Å²) in [7, 11) is 0. The van der Waals surface area contributed by atoms with E-state index in [0.717, 1.165) is 30.6 Å². The molecule has 6 heteroatoms. The Hall–Kier alpha value is -1.59. The minimum absolute atomic E-state index is 0. The summed E-state index contributed by atoms with van der Waals surface area (Å²) in [6.07, 6.45) is 2.69. The molecule has 5 nitrogen and oxygen atoms in total. The first-order chi connectivity index (χ1) is 11.0. The second-order valence-electron chi connectivity index (χ2n) is 6.68. The fraction of sp³-hybridized carbons (Fsp3) is 0.556. The number of amides is 2. The van der Waals surface area contributed by atoms with E-state index >= 15 is 0 Å². The third-order valence-corrected chi connectivity index (χ3v) is 4.03. The lowest BCUT2D eigenvalue weighted by Gasteiger charge is -2.13. The molecule has 1 atom stereocenters. The van der Waals surface area contributed by atoms with Crippen LogP contribution in [0.5, 0.6) is 0 Å². The van der Waals surface area contributed by atoms with E-state index in [1.165, 1.54) is 0 Å². The molecule has 1 aliphatic heterocycles. The molecule has 134 valence electrons. The van der Waals surface area contributed by atoms with Crippen molar-refractivity contribution in [2.24, 2.45) is 5.92 Å². The lowest BCUT2D eigenvalue weighted by atomic mass is 10.1. The van der Waals surface area contributed by atoms with Crippen LogP contribution >= 0.6 is 12.4 Å². The van der Waals surface area contributed by atoms with Gasteiger partial charge in [-0.2, -0.15) is 0 Å². The van der Waals surface area contributed by atoms with Crippen molar-refractivity contribution in [2.45, 2.75) is 46.1 Å². The van der Waals surface area contributed by atoms with Crippen LogP contribution in [0.1, 0.15) is 49.0 Å². The lowest BCUT2D eigenvalue weighted by Crippen LogP contribution is -2.28. The molecule has 2 rings (SSSR count). The minimum Gasteiger partial charge on any atom is -0.352 e. The van der Waals surface area contributed by atoms with Gasteiger partial charge in [0.25, 0.3) is 5.91 Å². The molecule has 0 aliphatic carbocycles. The van der Waals surface area contributed by atoms with E-state index in [4.69, 9.17) is 0 Å². The van der Waals surface area contributed by atoms with Crippen LogP contribution in [0, 0.1) is 12.8 Å². The van der Waals surface area contributed by atoms with Crippen molar-refractivity contribution in [2.75, 3.05) is 18.4 Å².